The van der Waals surface area contributed by atoms with Crippen molar-refractivity contribution in [1.82, 2.24) is 0 Å². The van der Waals surface area contributed by atoms with E-state index in [0.717, 1.165) is 109 Å². The first-order valence-electron chi connectivity index (χ1n) is 32.6. The third kappa shape index (κ3) is 56.7. The van der Waals surface area contributed by atoms with E-state index in [-0.39, 0.29) is 25.7 Å². The SMILES string of the molecule is CCCCCC/C=C\C=C/CCCCCCCC(=O)O[C@H](COC(=O)CCCCCCCCCCCCCCC)COP(=O)(O)OC[C@@H](O)COP(=O)(O)OC[C@@H](COC(=O)CCCCCCC)OC(=O)CCCCCCCCCCC. The number of carbonyl (C=O) groups excluding carboxylic acids is 4. The third-order valence-electron chi connectivity index (χ3n) is 14.0. The molecule has 482 valence electrons. The predicted molar refractivity (Wildman–Crippen MR) is 326 cm³/mol. The molecule has 0 amide bonds. The van der Waals surface area contributed by atoms with Crippen LogP contribution in [0.1, 0.15) is 297 Å². The molecule has 19 heteroatoms. The molecule has 0 aliphatic rings. The monoisotopic (exact) mass is 1210 g/mol. The Balaban J connectivity index is 5.21. The van der Waals surface area contributed by atoms with Crippen LogP contribution >= 0.6 is 15.6 Å². The molecule has 0 rings (SSSR count). The van der Waals surface area contributed by atoms with E-state index in [4.69, 9.17) is 37.0 Å². The first-order valence-corrected chi connectivity index (χ1v) is 35.6. The topological polar surface area (TPSA) is 237 Å². The zero-order chi connectivity index (χ0) is 60.5. The van der Waals surface area contributed by atoms with Gasteiger partial charge < -0.3 is 33.8 Å². The highest BCUT2D eigenvalue weighted by molar-refractivity contribution is 7.47. The molecule has 0 heterocycles. The molecule has 0 saturated heterocycles. The Morgan fingerprint density at radius 2 is 0.585 bits per heavy atom. The number of esters is 4. The van der Waals surface area contributed by atoms with Crippen LogP contribution in [0.3, 0.4) is 0 Å². The van der Waals surface area contributed by atoms with E-state index in [1.807, 2.05) is 0 Å². The molecule has 0 aromatic heterocycles. The molecular formula is C63H118O17P2. The Bertz CT molecular complexity index is 1680. The lowest BCUT2D eigenvalue weighted by Crippen LogP contribution is -2.30. The molecule has 0 spiro atoms. The number of aliphatic hydroxyl groups is 1. The van der Waals surface area contributed by atoms with Gasteiger partial charge in [-0.1, -0.05) is 245 Å². The van der Waals surface area contributed by atoms with Gasteiger partial charge in [0.25, 0.3) is 0 Å². The lowest BCUT2D eigenvalue weighted by atomic mass is 10.0. The van der Waals surface area contributed by atoms with Gasteiger partial charge >= 0.3 is 39.5 Å². The van der Waals surface area contributed by atoms with Crippen molar-refractivity contribution in [2.75, 3.05) is 39.6 Å². The van der Waals surface area contributed by atoms with Gasteiger partial charge in [-0.3, -0.25) is 37.3 Å². The lowest BCUT2D eigenvalue weighted by Gasteiger charge is -2.21. The van der Waals surface area contributed by atoms with E-state index < -0.39 is 97.5 Å². The average molecular weight is 1210 g/mol. The van der Waals surface area contributed by atoms with Crippen LogP contribution in [0, 0.1) is 0 Å². The maximum Gasteiger partial charge on any atom is 0.472 e. The van der Waals surface area contributed by atoms with Crippen molar-refractivity contribution < 1.29 is 80.2 Å². The molecule has 0 aliphatic heterocycles. The minimum atomic E-state index is -4.95. The highest BCUT2D eigenvalue weighted by Crippen LogP contribution is 2.45. The largest absolute Gasteiger partial charge is 0.472 e. The molecule has 0 aromatic rings. The maximum absolute atomic E-state index is 13.0. The van der Waals surface area contributed by atoms with Crippen LogP contribution < -0.4 is 0 Å². The van der Waals surface area contributed by atoms with Crippen molar-refractivity contribution in [2.45, 2.75) is 316 Å². The van der Waals surface area contributed by atoms with Gasteiger partial charge in [-0.2, -0.15) is 0 Å². The molecule has 0 saturated carbocycles. The molecule has 17 nitrogen and oxygen atoms in total. The fourth-order valence-electron chi connectivity index (χ4n) is 8.92. The number of ether oxygens (including phenoxy) is 4. The Morgan fingerprint density at radius 3 is 0.890 bits per heavy atom. The van der Waals surface area contributed by atoms with Crippen LogP contribution in [0.5, 0.6) is 0 Å². The molecule has 3 N–H and O–H groups in total. The summed E-state index contributed by atoms with van der Waals surface area (Å²) in [5, 5.41) is 10.5. The van der Waals surface area contributed by atoms with Gasteiger partial charge in [0.2, 0.25) is 0 Å². The number of unbranched alkanes of at least 4 members (excludes halogenated alkanes) is 33. The van der Waals surface area contributed by atoms with Crippen molar-refractivity contribution >= 4 is 39.5 Å². The Kier molecular flexibility index (Phi) is 55.9. The zero-order valence-corrected chi connectivity index (χ0v) is 53.7. The number of phosphoric acid groups is 2. The van der Waals surface area contributed by atoms with Crippen LogP contribution in [-0.4, -0.2) is 96.7 Å². The van der Waals surface area contributed by atoms with E-state index in [1.54, 1.807) is 0 Å². The molecule has 0 aromatic carbocycles. The zero-order valence-electron chi connectivity index (χ0n) is 51.9. The predicted octanol–water partition coefficient (Wildman–Crippen LogP) is 17.1. The van der Waals surface area contributed by atoms with E-state index in [9.17, 15) is 43.2 Å². The van der Waals surface area contributed by atoms with Crippen molar-refractivity contribution in [1.29, 1.82) is 0 Å². The van der Waals surface area contributed by atoms with Gasteiger partial charge in [0, 0.05) is 25.7 Å². The summed E-state index contributed by atoms with van der Waals surface area (Å²) in [6.07, 6.45) is 45.6. The number of hydrogen-bond donors (Lipinski definition) is 3. The van der Waals surface area contributed by atoms with Gasteiger partial charge in [-0.05, 0) is 51.4 Å². The average Bonchev–Trinajstić information content (AvgIpc) is 3.45. The first-order chi connectivity index (χ1) is 39.7. The van der Waals surface area contributed by atoms with Crippen molar-refractivity contribution in [3.05, 3.63) is 24.3 Å². The maximum atomic E-state index is 13.0. The minimum Gasteiger partial charge on any atom is -0.462 e. The number of aliphatic hydroxyl groups excluding tert-OH is 1. The highest BCUT2D eigenvalue weighted by Gasteiger charge is 2.30. The van der Waals surface area contributed by atoms with Crippen LogP contribution in [0.25, 0.3) is 0 Å². The Morgan fingerprint density at radius 1 is 0.341 bits per heavy atom. The summed E-state index contributed by atoms with van der Waals surface area (Å²) in [6, 6.07) is 0. The second kappa shape index (κ2) is 57.6. The first kappa shape index (κ1) is 79.5. The smallest absolute Gasteiger partial charge is 0.462 e. The molecule has 0 fully saturated rings. The fraction of sp³-hybridized carbons (Fsp3) is 0.873. The molecule has 0 bridgehead atoms. The Hall–Kier alpha value is -2.46. The van der Waals surface area contributed by atoms with E-state index in [0.29, 0.717) is 25.7 Å². The van der Waals surface area contributed by atoms with Crippen LogP contribution in [0.4, 0.5) is 0 Å². The minimum absolute atomic E-state index is 0.0855. The summed E-state index contributed by atoms with van der Waals surface area (Å²) < 4.78 is 67.7. The normalized spacial score (nSPS) is 14.4. The molecule has 0 aliphatic carbocycles. The molecule has 82 heavy (non-hydrogen) atoms. The van der Waals surface area contributed by atoms with Gasteiger partial charge in [0.15, 0.2) is 12.2 Å². The summed E-state index contributed by atoms with van der Waals surface area (Å²) in [5.74, 6) is -2.18. The second-order valence-corrected chi connectivity index (χ2v) is 25.0. The second-order valence-electron chi connectivity index (χ2n) is 22.1. The van der Waals surface area contributed by atoms with Crippen molar-refractivity contribution in [3.8, 4) is 0 Å². The fourth-order valence-corrected chi connectivity index (χ4v) is 10.5. The van der Waals surface area contributed by atoms with Crippen LogP contribution in [-0.2, 0) is 65.4 Å². The van der Waals surface area contributed by atoms with Crippen LogP contribution in [0.15, 0.2) is 24.3 Å². The standard InChI is InChI=1S/C63H118O17P2/c1-5-9-13-17-20-23-25-27-28-30-32-35-38-42-46-50-63(68)80-59(54-74-61(66)48-44-40-36-34-31-29-26-24-21-18-14-10-6-2)56-78-82(71,72)76-52-57(64)51-75-81(69,70)77-55-58(53-73-60(65)47-43-39-16-12-8-4)79-62(67)49-45-41-37-33-22-19-15-11-7-3/h23,25,27-28,57-59,64H,5-22,24,26,29-56H2,1-4H3,(H,69,70)(H,71,72)/b25-23-,28-27-/t57-,58+,59+/m0/s1. The number of hydrogen-bond acceptors (Lipinski definition) is 15. The summed E-state index contributed by atoms with van der Waals surface area (Å²) in [6.45, 7) is 4.72. The lowest BCUT2D eigenvalue weighted by molar-refractivity contribution is -0.161. The number of carbonyl (C=O) groups is 4. The number of allylic oxidation sites excluding steroid dienone is 4. The number of rotatable bonds is 62. The van der Waals surface area contributed by atoms with Gasteiger partial charge in [0.1, 0.15) is 19.3 Å². The summed E-state index contributed by atoms with van der Waals surface area (Å²) in [5.41, 5.74) is 0. The molecule has 2 unspecified atom stereocenters. The van der Waals surface area contributed by atoms with Crippen molar-refractivity contribution in [3.63, 3.8) is 0 Å². The summed E-state index contributed by atoms with van der Waals surface area (Å²) >= 11 is 0. The van der Waals surface area contributed by atoms with Crippen molar-refractivity contribution in [2.24, 2.45) is 0 Å². The van der Waals surface area contributed by atoms with Gasteiger partial charge in [-0.25, -0.2) is 9.13 Å². The number of phosphoric ester groups is 2. The van der Waals surface area contributed by atoms with E-state index >= 15 is 0 Å². The van der Waals surface area contributed by atoms with E-state index in [2.05, 4.69) is 52.0 Å². The Labute approximate surface area is 497 Å². The molecule has 0 radical (unpaired) electrons. The van der Waals surface area contributed by atoms with Gasteiger partial charge in [-0.15, -0.1) is 0 Å². The quantitative estimate of drug-likeness (QED) is 0.0169. The summed E-state index contributed by atoms with van der Waals surface area (Å²) in [4.78, 5) is 71.9. The van der Waals surface area contributed by atoms with Crippen LogP contribution in [0.2, 0.25) is 0 Å². The molecular weight excluding hydrogens is 1090 g/mol. The third-order valence-corrected chi connectivity index (χ3v) is 15.9. The molecule has 5 atom stereocenters. The van der Waals surface area contributed by atoms with Gasteiger partial charge in [0.05, 0.1) is 26.4 Å². The highest BCUT2D eigenvalue weighted by atomic mass is 31.2. The summed E-state index contributed by atoms with van der Waals surface area (Å²) in [7, 11) is -9.88. The van der Waals surface area contributed by atoms with E-state index in [1.165, 1.54) is 109 Å².